The lowest BCUT2D eigenvalue weighted by atomic mass is 10.0. The van der Waals surface area contributed by atoms with Crippen LogP contribution in [0.3, 0.4) is 0 Å². The Morgan fingerprint density at radius 1 is 1.42 bits per heavy atom. The highest BCUT2D eigenvalue weighted by molar-refractivity contribution is 5.81. The first-order chi connectivity index (χ1) is 8.99. The Morgan fingerprint density at radius 2 is 2.05 bits per heavy atom. The lowest BCUT2D eigenvalue weighted by molar-refractivity contribution is -0.134. The number of hydrogen-bond acceptors (Lipinski definition) is 3. The molecule has 0 heterocycles. The summed E-state index contributed by atoms with van der Waals surface area (Å²) >= 11 is 0. The molecule has 0 amide bonds. The van der Waals surface area contributed by atoms with Gasteiger partial charge in [0.05, 0.1) is 12.6 Å². The molecule has 1 aromatic rings. The van der Waals surface area contributed by atoms with Crippen LogP contribution >= 0.6 is 0 Å². The topological polar surface area (TPSA) is 29.5 Å². The number of nitrogens with zero attached hydrogens (tertiary/aromatic N) is 1. The average molecular weight is 257 g/mol. The van der Waals surface area contributed by atoms with Crippen LogP contribution in [0.1, 0.15) is 19.4 Å². The van der Waals surface area contributed by atoms with Gasteiger partial charge in [-0.05, 0) is 19.4 Å². The van der Waals surface area contributed by atoms with Gasteiger partial charge in [0, 0.05) is 18.8 Å². The maximum absolute atomic E-state index is 11.2. The largest absolute Gasteiger partial charge is 0.466 e. The van der Waals surface area contributed by atoms with E-state index in [-0.39, 0.29) is 0 Å². The van der Waals surface area contributed by atoms with E-state index in [1.807, 2.05) is 49.1 Å². The first kappa shape index (κ1) is 14.8. The molecule has 0 N–H and O–H groups in total. The van der Waals surface area contributed by atoms with Crippen LogP contribution in [0.2, 0.25) is 0 Å². The Balaban J connectivity index is 2.91. The van der Waals surface area contributed by atoms with Crippen molar-refractivity contribution in [1.82, 2.24) is 4.90 Å². The molecular weight excluding hydrogens is 238 g/mol. The zero-order chi connectivity index (χ0) is 14.3. The van der Waals surface area contributed by atoms with Crippen molar-refractivity contribution in [2.24, 2.45) is 0 Å². The van der Waals surface area contributed by atoms with Gasteiger partial charge < -0.3 is 9.64 Å². The molecule has 0 saturated carbocycles. The minimum Gasteiger partial charge on any atom is -0.466 e. The third kappa shape index (κ3) is 4.51. The van der Waals surface area contributed by atoms with Crippen LogP contribution in [0.25, 0.3) is 0 Å². The van der Waals surface area contributed by atoms with E-state index in [2.05, 4.69) is 10.7 Å². The van der Waals surface area contributed by atoms with E-state index in [1.54, 1.807) is 6.20 Å². The number of benzene rings is 1. The molecule has 0 spiro atoms. The molecule has 3 heteroatoms. The van der Waals surface area contributed by atoms with Crippen LogP contribution < -0.4 is 0 Å². The zero-order valence-corrected chi connectivity index (χ0v) is 11.6. The molecule has 0 radical (unpaired) electrons. The molecule has 1 rings (SSSR count). The molecule has 0 fully saturated rings. The van der Waals surface area contributed by atoms with Gasteiger partial charge in [0.15, 0.2) is 0 Å². The summed E-state index contributed by atoms with van der Waals surface area (Å²) in [4.78, 5) is 13.1. The Hall–Kier alpha value is -2.21. The summed E-state index contributed by atoms with van der Waals surface area (Å²) < 4.78 is 4.59. The monoisotopic (exact) mass is 257 g/mol. The van der Waals surface area contributed by atoms with E-state index in [4.69, 9.17) is 6.42 Å². The first-order valence-corrected chi connectivity index (χ1v) is 6.04. The van der Waals surface area contributed by atoms with Gasteiger partial charge >= 0.3 is 5.97 Å². The average Bonchev–Trinajstić information content (AvgIpc) is 2.43. The fourth-order valence-corrected chi connectivity index (χ4v) is 1.52. The fourth-order valence-electron chi connectivity index (χ4n) is 1.52. The third-order valence-corrected chi connectivity index (χ3v) is 2.86. The molecule has 100 valence electrons. The van der Waals surface area contributed by atoms with Gasteiger partial charge in [0.1, 0.15) is 0 Å². The van der Waals surface area contributed by atoms with Crippen LogP contribution in [0.4, 0.5) is 0 Å². The second-order valence-corrected chi connectivity index (χ2v) is 4.66. The van der Waals surface area contributed by atoms with Crippen LogP contribution in [0, 0.1) is 12.3 Å². The van der Waals surface area contributed by atoms with Gasteiger partial charge in [-0.15, -0.1) is 6.42 Å². The van der Waals surface area contributed by atoms with Crippen molar-refractivity contribution in [3.63, 3.8) is 0 Å². The molecule has 3 nitrogen and oxygen atoms in total. The number of terminal acetylenes is 1. The zero-order valence-electron chi connectivity index (χ0n) is 11.6. The second-order valence-electron chi connectivity index (χ2n) is 4.66. The van der Waals surface area contributed by atoms with Gasteiger partial charge in [-0.25, -0.2) is 4.79 Å². The molecule has 1 aromatic carbocycles. The summed E-state index contributed by atoms with van der Waals surface area (Å²) in [7, 11) is 1.35. The third-order valence-electron chi connectivity index (χ3n) is 2.86. The van der Waals surface area contributed by atoms with E-state index in [0.717, 1.165) is 5.56 Å². The van der Waals surface area contributed by atoms with Crippen molar-refractivity contribution in [3.8, 4) is 12.3 Å². The molecule has 0 saturated heterocycles. The molecular formula is C16H19NO2. The van der Waals surface area contributed by atoms with Gasteiger partial charge in [-0.2, -0.15) is 0 Å². The number of esters is 1. The highest BCUT2D eigenvalue weighted by atomic mass is 16.5. The van der Waals surface area contributed by atoms with Crippen LogP contribution in [-0.2, 0) is 16.1 Å². The molecule has 0 atom stereocenters. The summed E-state index contributed by atoms with van der Waals surface area (Å²) in [5.74, 6) is 2.33. The van der Waals surface area contributed by atoms with Crippen molar-refractivity contribution in [2.45, 2.75) is 25.9 Å². The molecule has 19 heavy (non-hydrogen) atoms. The molecule has 0 aromatic heterocycles. The van der Waals surface area contributed by atoms with Gasteiger partial charge in [-0.3, -0.25) is 0 Å². The van der Waals surface area contributed by atoms with Gasteiger partial charge in [0.25, 0.3) is 0 Å². The van der Waals surface area contributed by atoms with E-state index in [1.165, 1.54) is 13.2 Å². The van der Waals surface area contributed by atoms with Crippen molar-refractivity contribution in [1.29, 1.82) is 0 Å². The maximum atomic E-state index is 11.2. The Morgan fingerprint density at radius 3 is 2.58 bits per heavy atom. The predicted octanol–water partition coefficient (Wildman–Crippen LogP) is 2.59. The van der Waals surface area contributed by atoms with Gasteiger partial charge in [0.2, 0.25) is 0 Å². The highest BCUT2D eigenvalue weighted by Crippen LogP contribution is 2.17. The lowest BCUT2D eigenvalue weighted by Crippen LogP contribution is -2.38. The van der Waals surface area contributed by atoms with E-state index >= 15 is 0 Å². The van der Waals surface area contributed by atoms with Crippen molar-refractivity contribution < 1.29 is 9.53 Å². The number of ether oxygens (including phenoxy) is 1. The minimum atomic E-state index is -0.486. The van der Waals surface area contributed by atoms with Crippen LogP contribution in [0.5, 0.6) is 0 Å². The minimum absolute atomic E-state index is 0.397. The summed E-state index contributed by atoms with van der Waals surface area (Å²) in [6, 6.07) is 9.95. The molecule has 0 aliphatic carbocycles. The Bertz CT molecular complexity index is 483. The van der Waals surface area contributed by atoms with Gasteiger partial charge in [-0.1, -0.05) is 36.3 Å². The van der Waals surface area contributed by atoms with Crippen molar-refractivity contribution >= 4 is 5.97 Å². The highest BCUT2D eigenvalue weighted by Gasteiger charge is 2.21. The summed E-state index contributed by atoms with van der Waals surface area (Å²) in [5, 5.41) is 0. The van der Waals surface area contributed by atoms with Crippen LogP contribution in [-0.4, -0.2) is 23.5 Å². The molecule has 0 unspecified atom stereocenters. The molecule has 0 aliphatic heterocycles. The normalized spacial score (nSPS) is 11.1. The first-order valence-electron chi connectivity index (χ1n) is 6.04. The van der Waals surface area contributed by atoms with E-state index in [9.17, 15) is 4.79 Å². The molecule has 0 aliphatic rings. The summed E-state index contributed by atoms with van der Waals surface area (Å²) in [5.41, 5.74) is 0.640. The van der Waals surface area contributed by atoms with E-state index < -0.39 is 11.5 Å². The smallest absolute Gasteiger partial charge is 0.331 e. The summed E-state index contributed by atoms with van der Waals surface area (Å²) in [6.07, 6.45) is 8.61. The number of carbonyl (C=O) groups excluding carboxylic acids is 1. The Kier molecular flexibility index (Phi) is 5.20. The molecule has 0 bridgehead atoms. The summed E-state index contributed by atoms with van der Waals surface area (Å²) in [6.45, 7) is 4.49. The standard InChI is InChI=1S/C16H19NO2/c1-5-16(2,3)17(12-11-15(18)19-4)13-14-9-7-6-8-10-14/h1,6-12H,13H2,2-4H3/b12-11+. The quantitative estimate of drug-likeness (QED) is 0.461. The maximum Gasteiger partial charge on any atom is 0.331 e. The van der Waals surface area contributed by atoms with Crippen molar-refractivity contribution in [3.05, 3.63) is 48.2 Å². The second kappa shape index (κ2) is 6.65. The number of carbonyl (C=O) groups is 1. The number of hydrogen-bond donors (Lipinski definition) is 0. The lowest BCUT2D eigenvalue weighted by Gasteiger charge is -2.33. The van der Waals surface area contributed by atoms with E-state index in [0.29, 0.717) is 6.54 Å². The number of rotatable bonds is 5. The fraction of sp³-hybridized carbons (Fsp3) is 0.312. The Labute approximate surface area is 114 Å². The SMILES string of the molecule is C#CC(C)(C)N(/C=C/C(=O)OC)Cc1ccccc1. The number of methoxy groups -OCH3 is 1. The van der Waals surface area contributed by atoms with Crippen molar-refractivity contribution in [2.75, 3.05) is 7.11 Å². The predicted molar refractivity (Wildman–Crippen MR) is 76.1 cm³/mol. The van der Waals surface area contributed by atoms with Crippen LogP contribution in [0.15, 0.2) is 42.6 Å².